The van der Waals surface area contributed by atoms with Crippen LogP contribution in [0.4, 0.5) is 0 Å². The van der Waals surface area contributed by atoms with E-state index in [4.69, 9.17) is 4.98 Å². The Hall–Kier alpha value is -2.20. The molecule has 0 aliphatic heterocycles. The number of rotatable bonds is 4. The van der Waals surface area contributed by atoms with Crippen LogP contribution in [-0.2, 0) is 6.54 Å². The smallest absolute Gasteiger partial charge is 0.0780 e. The van der Waals surface area contributed by atoms with E-state index < -0.39 is 0 Å². The fourth-order valence-electron chi connectivity index (χ4n) is 2.43. The molecule has 0 radical (unpaired) electrons. The first-order chi connectivity index (χ1) is 9.81. The Morgan fingerprint density at radius 2 is 2.05 bits per heavy atom. The minimum Gasteiger partial charge on any atom is -0.308 e. The van der Waals surface area contributed by atoms with Crippen LogP contribution in [0.2, 0.25) is 0 Å². The summed E-state index contributed by atoms with van der Waals surface area (Å²) in [4.78, 5) is 4.76. The van der Waals surface area contributed by atoms with Crippen LogP contribution < -0.4 is 5.32 Å². The summed E-state index contributed by atoms with van der Waals surface area (Å²) in [6, 6.07) is 12.4. The van der Waals surface area contributed by atoms with E-state index >= 15 is 0 Å². The van der Waals surface area contributed by atoms with Crippen LogP contribution >= 0.6 is 0 Å². The van der Waals surface area contributed by atoms with Gasteiger partial charge in [0.05, 0.1) is 23.4 Å². The van der Waals surface area contributed by atoms with E-state index in [2.05, 4.69) is 41.7 Å². The first kappa shape index (κ1) is 12.8. The molecule has 0 saturated carbocycles. The van der Waals surface area contributed by atoms with E-state index in [9.17, 15) is 0 Å². The van der Waals surface area contributed by atoms with Crippen molar-refractivity contribution in [1.82, 2.24) is 20.1 Å². The molecule has 20 heavy (non-hydrogen) atoms. The van der Waals surface area contributed by atoms with E-state index in [1.54, 1.807) is 0 Å². The number of nitrogens with zero attached hydrogens (tertiary/aromatic N) is 3. The molecule has 1 atom stereocenters. The Kier molecular flexibility index (Phi) is 3.48. The second-order valence-electron chi connectivity index (χ2n) is 4.78. The van der Waals surface area contributed by atoms with Crippen molar-refractivity contribution >= 4 is 10.9 Å². The Bertz CT molecular complexity index is 717. The number of nitrogens with one attached hydrogen (secondary N) is 1. The van der Waals surface area contributed by atoms with Gasteiger partial charge in [-0.2, -0.15) is 5.10 Å². The van der Waals surface area contributed by atoms with Crippen LogP contribution in [0, 0.1) is 0 Å². The summed E-state index contributed by atoms with van der Waals surface area (Å²) in [6.45, 7) is 2.96. The average molecular weight is 266 g/mol. The first-order valence-electron chi connectivity index (χ1n) is 6.87. The lowest BCUT2D eigenvalue weighted by molar-refractivity contribution is 0.650. The zero-order valence-corrected chi connectivity index (χ0v) is 11.7. The normalized spacial score (nSPS) is 12.7. The van der Waals surface area contributed by atoms with Gasteiger partial charge in [0.25, 0.3) is 0 Å². The minimum absolute atomic E-state index is 0.0694. The van der Waals surface area contributed by atoms with Crippen LogP contribution in [0.5, 0.6) is 0 Å². The zero-order chi connectivity index (χ0) is 13.9. The second kappa shape index (κ2) is 5.43. The molecule has 4 nitrogen and oxygen atoms in total. The van der Waals surface area contributed by atoms with E-state index in [-0.39, 0.29) is 6.04 Å². The van der Waals surface area contributed by atoms with Crippen LogP contribution in [0.1, 0.15) is 24.2 Å². The monoisotopic (exact) mass is 266 g/mol. The number of benzene rings is 1. The summed E-state index contributed by atoms with van der Waals surface area (Å²) in [5.74, 6) is 0. The Morgan fingerprint density at radius 1 is 1.20 bits per heavy atom. The van der Waals surface area contributed by atoms with Gasteiger partial charge in [0.2, 0.25) is 0 Å². The molecule has 102 valence electrons. The highest BCUT2D eigenvalue weighted by atomic mass is 15.3. The van der Waals surface area contributed by atoms with Crippen molar-refractivity contribution < 1.29 is 0 Å². The summed E-state index contributed by atoms with van der Waals surface area (Å²) in [5, 5.41) is 8.82. The Balaban J connectivity index is 2.02. The number of aromatic nitrogens is 3. The van der Waals surface area contributed by atoms with Gasteiger partial charge in [0, 0.05) is 23.7 Å². The third-order valence-corrected chi connectivity index (χ3v) is 3.51. The molecule has 4 heteroatoms. The number of aryl methyl sites for hydroxylation is 1. The maximum atomic E-state index is 4.76. The molecule has 1 unspecified atom stereocenters. The lowest BCUT2D eigenvalue weighted by Crippen LogP contribution is -2.18. The van der Waals surface area contributed by atoms with Gasteiger partial charge in [0.15, 0.2) is 0 Å². The Morgan fingerprint density at radius 3 is 2.80 bits per heavy atom. The summed E-state index contributed by atoms with van der Waals surface area (Å²) < 4.78 is 1.93. The quantitative estimate of drug-likeness (QED) is 0.789. The summed E-state index contributed by atoms with van der Waals surface area (Å²) in [5.41, 5.74) is 3.17. The van der Waals surface area contributed by atoms with Gasteiger partial charge in [0.1, 0.15) is 0 Å². The van der Waals surface area contributed by atoms with Crippen molar-refractivity contribution in [1.29, 1.82) is 0 Å². The fourth-order valence-corrected chi connectivity index (χ4v) is 2.43. The largest absolute Gasteiger partial charge is 0.308 e. The van der Waals surface area contributed by atoms with E-state index in [1.165, 1.54) is 0 Å². The molecule has 0 spiro atoms. The van der Waals surface area contributed by atoms with Crippen molar-refractivity contribution in [3.63, 3.8) is 0 Å². The topological polar surface area (TPSA) is 42.7 Å². The molecule has 3 rings (SSSR count). The summed E-state index contributed by atoms with van der Waals surface area (Å²) in [6.07, 6.45) is 3.97. The number of pyridine rings is 1. The van der Waals surface area contributed by atoms with E-state index in [0.29, 0.717) is 0 Å². The molecule has 0 aliphatic carbocycles. The summed E-state index contributed by atoms with van der Waals surface area (Å²) >= 11 is 0. The minimum atomic E-state index is 0.0694. The van der Waals surface area contributed by atoms with Gasteiger partial charge >= 0.3 is 0 Å². The van der Waals surface area contributed by atoms with Crippen molar-refractivity contribution in [3.05, 3.63) is 60.0 Å². The van der Waals surface area contributed by atoms with Crippen LogP contribution in [-0.4, -0.2) is 21.8 Å². The molecule has 2 aromatic heterocycles. The average Bonchev–Trinajstić information content (AvgIpc) is 2.97. The first-order valence-corrected chi connectivity index (χ1v) is 6.87. The SMILES string of the molecule is CCn1cc(C(NC)c2ccc3ccccc3n2)cn1. The van der Waals surface area contributed by atoms with Gasteiger partial charge in [-0.05, 0) is 26.1 Å². The molecule has 0 aliphatic rings. The predicted octanol–water partition coefficient (Wildman–Crippen LogP) is 2.76. The van der Waals surface area contributed by atoms with Gasteiger partial charge in [-0.25, -0.2) is 0 Å². The third kappa shape index (κ3) is 2.30. The molecule has 0 fully saturated rings. The number of para-hydroxylation sites is 1. The molecular formula is C16H18N4. The van der Waals surface area contributed by atoms with Crippen LogP contribution in [0.3, 0.4) is 0 Å². The second-order valence-corrected chi connectivity index (χ2v) is 4.78. The molecule has 1 aromatic carbocycles. The highest BCUT2D eigenvalue weighted by molar-refractivity contribution is 5.78. The van der Waals surface area contributed by atoms with Gasteiger partial charge in [-0.3, -0.25) is 9.67 Å². The standard InChI is InChI=1S/C16H18N4/c1-3-20-11-13(10-18-20)16(17-2)15-9-8-12-6-4-5-7-14(12)19-15/h4-11,16-17H,3H2,1-2H3. The number of hydrogen-bond acceptors (Lipinski definition) is 3. The maximum absolute atomic E-state index is 4.76. The molecule has 0 saturated heterocycles. The van der Waals surface area contributed by atoms with Crippen molar-refractivity contribution in [3.8, 4) is 0 Å². The van der Waals surface area contributed by atoms with Crippen LogP contribution in [0.25, 0.3) is 10.9 Å². The van der Waals surface area contributed by atoms with Crippen molar-refractivity contribution in [2.24, 2.45) is 0 Å². The van der Waals surface area contributed by atoms with Crippen molar-refractivity contribution in [2.45, 2.75) is 19.5 Å². The third-order valence-electron chi connectivity index (χ3n) is 3.51. The van der Waals surface area contributed by atoms with Gasteiger partial charge < -0.3 is 5.32 Å². The number of hydrogen-bond donors (Lipinski definition) is 1. The number of fused-ring (bicyclic) bond motifs is 1. The van der Waals surface area contributed by atoms with E-state index in [0.717, 1.165) is 28.7 Å². The molecular weight excluding hydrogens is 248 g/mol. The lowest BCUT2D eigenvalue weighted by atomic mass is 10.1. The maximum Gasteiger partial charge on any atom is 0.0780 e. The van der Waals surface area contributed by atoms with Gasteiger partial charge in [-0.15, -0.1) is 0 Å². The lowest BCUT2D eigenvalue weighted by Gasteiger charge is -2.14. The molecule has 3 aromatic rings. The molecule has 1 N–H and O–H groups in total. The fraction of sp³-hybridized carbons (Fsp3) is 0.250. The summed E-state index contributed by atoms with van der Waals surface area (Å²) in [7, 11) is 1.95. The molecule has 2 heterocycles. The molecule has 0 bridgehead atoms. The zero-order valence-electron chi connectivity index (χ0n) is 11.7. The van der Waals surface area contributed by atoms with Gasteiger partial charge in [-0.1, -0.05) is 24.3 Å². The van der Waals surface area contributed by atoms with Crippen LogP contribution in [0.15, 0.2) is 48.8 Å². The van der Waals surface area contributed by atoms with E-state index in [1.807, 2.05) is 36.1 Å². The highest BCUT2D eigenvalue weighted by Crippen LogP contribution is 2.22. The Labute approximate surface area is 118 Å². The molecule has 0 amide bonds. The highest BCUT2D eigenvalue weighted by Gasteiger charge is 2.15. The predicted molar refractivity (Wildman–Crippen MR) is 80.5 cm³/mol. The van der Waals surface area contributed by atoms with Crippen molar-refractivity contribution in [2.75, 3.05) is 7.05 Å².